The van der Waals surface area contributed by atoms with E-state index in [1.165, 1.54) is 40.5 Å². The summed E-state index contributed by atoms with van der Waals surface area (Å²) in [6.07, 6.45) is 3.16. The van der Waals surface area contributed by atoms with E-state index >= 15 is 0 Å². The number of thiophene rings is 1. The SMILES string of the molecule is CC(=O)N(c1ccccc1)c1nc(CSc2nc3sc4c(c3c(=O)n2C)CCC4)cs1. The van der Waals surface area contributed by atoms with E-state index in [4.69, 9.17) is 4.98 Å². The predicted octanol–water partition coefficient (Wildman–Crippen LogP) is 4.92. The molecule has 6 nitrogen and oxygen atoms in total. The van der Waals surface area contributed by atoms with Crippen LogP contribution in [0.15, 0.2) is 45.7 Å². The summed E-state index contributed by atoms with van der Waals surface area (Å²) < 4.78 is 1.65. The van der Waals surface area contributed by atoms with Crippen molar-refractivity contribution in [2.75, 3.05) is 4.90 Å². The number of aryl methyl sites for hydroxylation is 2. The Balaban J connectivity index is 1.39. The highest BCUT2D eigenvalue weighted by Crippen LogP contribution is 2.36. The van der Waals surface area contributed by atoms with E-state index in [1.807, 2.05) is 35.7 Å². The van der Waals surface area contributed by atoms with Gasteiger partial charge >= 0.3 is 0 Å². The van der Waals surface area contributed by atoms with E-state index in [0.717, 1.165) is 40.9 Å². The highest BCUT2D eigenvalue weighted by Gasteiger charge is 2.23. The molecule has 0 fully saturated rings. The zero-order valence-electron chi connectivity index (χ0n) is 17.1. The van der Waals surface area contributed by atoms with E-state index in [9.17, 15) is 9.59 Å². The zero-order chi connectivity index (χ0) is 21.5. The molecule has 0 radical (unpaired) electrons. The fourth-order valence-electron chi connectivity index (χ4n) is 3.84. The first kappa shape index (κ1) is 20.4. The summed E-state index contributed by atoms with van der Waals surface area (Å²) in [4.78, 5) is 38.4. The van der Waals surface area contributed by atoms with Gasteiger partial charge in [-0.25, -0.2) is 9.97 Å². The maximum absolute atomic E-state index is 13.0. The molecule has 1 aromatic carbocycles. The minimum atomic E-state index is -0.0833. The van der Waals surface area contributed by atoms with Crippen molar-refractivity contribution < 1.29 is 4.79 Å². The molecule has 0 saturated carbocycles. The Hall–Kier alpha value is -2.49. The maximum atomic E-state index is 13.0. The summed E-state index contributed by atoms with van der Waals surface area (Å²) in [5, 5.41) is 4.09. The molecule has 9 heteroatoms. The number of aromatic nitrogens is 3. The van der Waals surface area contributed by atoms with Gasteiger partial charge in [0, 0.05) is 30.0 Å². The molecule has 0 unspecified atom stereocenters. The van der Waals surface area contributed by atoms with E-state index in [2.05, 4.69) is 4.98 Å². The van der Waals surface area contributed by atoms with Gasteiger partial charge in [-0.1, -0.05) is 30.0 Å². The average Bonchev–Trinajstić information content (AvgIpc) is 3.46. The Labute approximate surface area is 191 Å². The summed E-state index contributed by atoms with van der Waals surface area (Å²) >= 11 is 4.59. The average molecular weight is 469 g/mol. The molecule has 1 aliphatic carbocycles. The van der Waals surface area contributed by atoms with Gasteiger partial charge in [-0.3, -0.25) is 19.1 Å². The topological polar surface area (TPSA) is 68.1 Å². The number of anilines is 2. The fourth-order valence-corrected chi connectivity index (χ4v) is 7.00. The number of carbonyl (C=O) groups is 1. The molecule has 0 atom stereocenters. The first-order valence-corrected chi connectivity index (χ1v) is 12.7. The van der Waals surface area contributed by atoms with Crippen LogP contribution in [0.5, 0.6) is 0 Å². The van der Waals surface area contributed by atoms with Crippen molar-refractivity contribution in [1.82, 2.24) is 14.5 Å². The molecule has 0 bridgehead atoms. The minimum Gasteiger partial charge on any atom is -0.290 e. The first-order valence-electron chi connectivity index (χ1n) is 9.97. The normalized spacial score (nSPS) is 13.0. The summed E-state index contributed by atoms with van der Waals surface area (Å²) in [6, 6.07) is 9.51. The molecule has 1 aliphatic rings. The fraction of sp³-hybridized carbons (Fsp3) is 0.273. The number of amides is 1. The van der Waals surface area contributed by atoms with Crippen molar-refractivity contribution in [3.05, 3.63) is 62.2 Å². The van der Waals surface area contributed by atoms with Gasteiger partial charge in [0.15, 0.2) is 10.3 Å². The van der Waals surface area contributed by atoms with Crippen molar-refractivity contribution in [2.45, 2.75) is 37.1 Å². The Morgan fingerprint density at radius 1 is 1.23 bits per heavy atom. The number of hydrogen-bond donors (Lipinski definition) is 0. The molecule has 0 aliphatic heterocycles. The van der Waals surface area contributed by atoms with Crippen LogP contribution in [-0.2, 0) is 30.4 Å². The molecule has 3 aromatic heterocycles. The lowest BCUT2D eigenvalue weighted by Crippen LogP contribution is -2.22. The second kappa shape index (κ2) is 8.22. The Morgan fingerprint density at radius 3 is 2.81 bits per heavy atom. The lowest BCUT2D eigenvalue weighted by Gasteiger charge is -2.17. The summed E-state index contributed by atoms with van der Waals surface area (Å²) in [5.41, 5.74) is 2.90. The number of nitrogens with zero attached hydrogens (tertiary/aromatic N) is 4. The molecular weight excluding hydrogens is 448 g/mol. The van der Waals surface area contributed by atoms with E-state index in [1.54, 1.807) is 27.9 Å². The smallest absolute Gasteiger partial charge is 0.262 e. The monoisotopic (exact) mass is 468 g/mol. The molecule has 0 spiro atoms. The quantitative estimate of drug-likeness (QED) is 0.307. The third kappa shape index (κ3) is 3.71. The number of thiazole rings is 1. The van der Waals surface area contributed by atoms with Crippen LogP contribution >= 0.6 is 34.4 Å². The number of rotatable bonds is 5. The molecule has 0 saturated heterocycles. The maximum Gasteiger partial charge on any atom is 0.262 e. The van der Waals surface area contributed by atoms with Gasteiger partial charge < -0.3 is 0 Å². The number of fused-ring (bicyclic) bond motifs is 3. The standard InChI is InChI=1S/C22H20N4O2S3/c1-13(27)26(15-7-4-3-5-8-15)22-23-14(12-30-22)11-29-21-24-19-18(20(28)25(21)2)16-9-6-10-17(16)31-19/h3-5,7-8,12H,6,9-11H2,1-2H3. The number of para-hydroxylation sites is 1. The summed E-state index contributed by atoms with van der Waals surface area (Å²) in [7, 11) is 1.79. The second-order valence-electron chi connectivity index (χ2n) is 7.40. The van der Waals surface area contributed by atoms with Gasteiger partial charge in [-0.2, -0.15) is 0 Å². The molecule has 3 heterocycles. The minimum absolute atomic E-state index is 0.0395. The van der Waals surface area contributed by atoms with Gasteiger partial charge in [0.1, 0.15) is 4.83 Å². The molecule has 1 amide bonds. The van der Waals surface area contributed by atoms with Crippen LogP contribution in [0.2, 0.25) is 0 Å². The summed E-state index contributed by atoms with van der Waals surface area (Å²) in [5.74, 6) is 0.494. The Kier molecular flexibility index (Phi) is 5.41. The lowest BCUT2D eigenvalue weighted by atomic mass is 10.2. The molecule has 158 valence electrons. The van der Waals surface area contributed by atoms with Crippen molar-refractivity contribution in [3.63, 3.8) is 0 Å². The molecular formula is C22H20N4O2S3. The largest absolute Gasteiger partial charge is 0.290 e. The van der Waals surface area contributed by atoms with E-state index < -0.39 is 0 Å². The number of hydrogen-bond acceptors (Lipinski definition) is 7. The van der Waals surface area contributed by atoms with Gasteiger partial charge in [0.2, 0.25) is 5.91 Å². The van der Waals surface area contributed by atoms with E-state index in [0.29, 0.717) is 16.0 Å². The number of benzene rings is 1. The third-order valence-electron chi connectivity index (χ3n) is 5.31. The van der Waals surface area contributed by atoms with Crippen molar-refractivity contribution in [3.8, 4) is 0 Å². The van der Waals surface area contributed by atoms with Crippen LogP contribution in [0.25, 0.3) is 10.2 Å². The van der Waals surface area contributed by atoms with Crippen LogP contribution in [0.3, 0.4) is 0 Å². The van der Waals surface area contributed by atoms with Crippen LogP contribution < -0.4 is 10.5 Å². The van der Waals surface area contributed by atoms with Crippen LogP contribution in [0.1, 0.15) is 29.5 Å². The zero-order valence-corrected chi connectivity index (χ0v) is 19.6. The highest BCUT2D eigenvalue weighted by molar-refractivity contribution is 7.98. The van der Waals surface area contributed by atoms with Gasteiger partial charge in [-0.05, 0) is 37.0 Å². The molecule has 31 heavy (non-hydrogen) atoms. The van der Waals surface area contributed by atoms with Crippen LogP contribution in [0, 0.1) is 0 Å². The lowest BCUT2D eigenvalue weighted by molar-refractivity contribution is -0.115. The molecule has 5 rings (SSSR count). The third-order valence-corrected chi connectivity index (χ3v) is 8.44. The molecule has 4 aromatic rings. The van der Waals surface area contributed by atoms with Crippen molar-refractivity contribution in [2.24, 2.45) is 7.05 Å². The van der Waals surface area contributed by atoms with Gasteiger partial charge in [0.05, 0.1) is 16.8 Å². The van der Waals surface area contributed by atoms with E-state index in [-0.39, 0.29) is 11.5 Å². The number of thioether (sulfide) groups is 1. The van der Waals surface area contributed by atoms with Crippen LogP contribution in [-0.4, -0.2) is 20.4 Å². The second-order valence-corrected chi connectivity index (χ2v) is 10.3. The Bertz CT molecular complexity index is 1340. The van der Waals surface area contributed by atoms with Gasteiger partial charge in [-0.15, -0.1) is 22.7 Å². The first-order chi connectivity index (χ1) is 15.0. The molecule has 0 N–H and O–H groups in total. The van der Waals surface area contributed by atoms with Crippen LogP contribution in [0.4, 0.5) is 10.8 Å². The number of carbonyl (C=O) groups excluding carboxylic acids is 1. The van der Waals surface area contributed by atoms with Crippen molar-refractivity contribution in [1.29, 1.82) is 0 Å². The predicted molar refractivity (Wildman–Crippen MR) is 128 cm³/mol. The van der Waals surface area contributed by atoms with Gasteiger partial charge in [0.25, 0.3) is 5.56 Å². The van der Waals surface area contributed by atoms with Crippen molar-refractivity contribution >= 4 is 61.4 Å². The summed E-state index contributed by atoms with van der Waals surface area (Å²) in [6.45, 7) is 1.54. The highest BCUT2D eigenvalue weighted by atomic mass is 32.2. The Morgan fingerprint density at radius 2 is 2.03 bits per heavy atom.